The van der Waals surface area contributed by atoms with Crippen LogP contribution in [0.5, 0.6) is 5.75 Å². The van der Waals surface area contributed by atoms with Gasteiger partial charge < -0.3 is 26.7 Å². The maximum Gasteiger partial charge on any atom is 0.243 e. The molecule has 190 valence electrons. The van der Waals surface area contributed by atoms with E-state index in [4.69, 9.17) is 4.74 Å². The number of benzene rings is 1. The Morgan fingerprint density at radius 3 is 2.15 bits per heavy atom. The number of hydrogen-bond donors (Lipinski definition) is 1. The Morgan fingerprint density at radius 1 is 1.06 bits per heavy atom. The number of rotatable bonds is 18. The Morgan fingerprint density at radius 2 is 1.64 bits per heavy atom. The Labute approximate surface area is 207 Å². The van der Waals surface area contributed by atoms with Crippen molar-refractivity contribution < 1.29 is 31.7 Å². The van der Waals surface area contributed by atoms with Crippen LogP contribution in [0.2, 0.25) is 0 Å². The number of nitro groups is 1. The quantitative estimate of drug-likeness (QED) is 0.150. The van der Waals surface area contributed by atoms with Crippen molar-refractivity contribution in [2.75, 3.05) is 33.9 Å². The Kier molecular flexibility index (Phi) is 16.9. The highest BCUT2D eigenvalue weighted by Crippen LogP contribution is 2.25. The van der Waals surface area contributed by atoms with E-state index in [1.54, 1.807) is 13.2 Å². The van der Waals surface area contributed by atoms with Crippen molar-refractivity contribution in [3.63, 3.8) is 0 Å². The summed E-state index contributed by atoms with van der Waals surface area (Å²) in [6.07, 6.45) is 14.7. The number of halogens is 1. The molecule has 0 radical (unpaired) electrons. The zero-order valence-electron chi connectivity index (χ0n) is 21.2. The lowest BCUT2D eigenvalue weighted by atomic mass is 10.1. The summed E-state index contributed by atoms with van der Waals surface area (Å²) in [5, 5.41) is 20.7. The summed E-state index contributed by atoms with van der Waals surface area (Å²) in [5.41, 5.74) is 1.89. The lowest BCUT2D eigenvalue weighted by Gasteiger charge is -2.34. The first-order valence-electron chi connectivity index (χ1n) is 12.3. The molecule has 0 saturated heterocycles. The molecule has 33 heavy (non-hydrogen) atoms. The van der Waals surface area contributed by atoms with E-state index in [0.29, 0.717) is 17.9 Å². The molecule has 1 rings (SSSR count). The second-order valence-corrected chi connectivity index (χ2v) is 9.25. The Hall–Kier alpha value is -1.63. The van der Waals surface area contributed by atoms with Crippen LogP contribution >= 0.6 is 0 Å². The van der Waals surface area contributed by atoms with Crippen molar-refractivity contribution in [3.05, 3.63) is 45.1 Å². The molecular weight excluding hydrogens is 440 g/mol. The van der Waals surface area contributed by atoms with Gasteiger partial charge in [-0.1, -0.05) is 58.3 Å². The number of aliphatic hydroxyl groups excluding tert-OH is 1. The van der Waals surface area contributed by atoms with E-state index < -0.39 is 0 Å². The van der Waals surface area contributed by atoms with Gasteiger partial charge in [-0.2, -0.15) is 0 Å². The van der Waals surface area contributed by atoms with Crippen LogP contribution in [-0.4, -0.2) is 48.4 Å². The molecule has 0 aromatic heterocycles. The van der Waals surface area contributed by atoms with Crippen LogP contribution in [0, 0.1) is 10.1 Å². The van der Waals surface area contributed by atoms with Crippen molar-refractivity contribution >= 4 is 6.08 Å². The summed E-state index contributed by atoms with van der Waals surface area (Å²) >= 11 is 0. The van der Waals surface area contributed by atoms with E-state index in [1.165, 1.54) is 64.7 Å². The van der Waals surface area contributed by atoms with E-state index in [1.807, 2.05) is 18.2 Å². The molecule has 1 aromatic carbocycles. The number of allylic oxidation sites excluding steroid dienone is 1. The van der Waals surface area contributed by atoms with Crippen LogP contribution < -0.4 is 17.1 Å². The molecule has 1 unspecified atom stereocenters. The molecule has 0 fully saturated rings. The molecular formula is C26H45ClN2O4. The molecule has 0 spiro atoms. The van der Waals surface area contributed by atoms with Gasteiger partial charge in [0.1, 0.15) is 18.8 Å². The molecule has 0 amide bonds. The van der Waals surface area contributed by atoms with Gasteiger partial charge in [0, 0.05) is 24.1 Å². The molecule has 0 saturated carbocycles. The zero-order chi connectivity index (χ0) is 23.8. The average Bonchev–Trinajstić information content (AvgIpc) is 2.75. The van der Waals surface area contributed by atoms with Crippen molar-refractivity contribution in [1.82, 2.24) is 0 Å². The SMILES string of the molecule is CCCCCCCCCCCC[N+](C)(CCO)Cc1ccc(OC)c(/C=C(\C)[N+](=O)[O-])c1.[Cl-]. The second kappa shape index (κ2) is 17.8. The minimum absolute atomic E-state index is 0. The zero-order valence-corrected chi connectivity index (χ0v) is 21.9. The Bertz CT molecular complexity index is 712. The van der Waals surface area contributed by atoms with Crippen molar-refractivity contribution in [2.24, 2.45) is 0 Å². The molecule has 6 nitrogen and oxygen atoms in total. The average molecular weight is 485 g/mol. The molecule has 1 aromatic rings. The van der Waals surface area contributed by atoms with Crippen LogP contribution in [0.3, 0.4) is 0 Å². The summed E-state index contributed by atoms with van der Waals surface area (Å²) in [7, 11) is 3.76. The van der Waals surface area contributed by atoms with Gasteiger partial charge in [0.05, 0.1) is 32.2 Å². The van der Waals surface area contributed by atoms with Gasteiger partial charge in [0.25, 0.3) is 0 Å². The van der Waals surface area contributed by atoms with Crippen LogP contribution in [0.4, 0.5) is 0 Å². The maximum absolute atomic E-state index is 11.0. The number of quaternary nitrogens is 1. The molecule has 0 bridgehead atoms. The molecule has 0 aliphatic heterocycles. The van der Waals surface area contributed by atoms with Crippen LogP contribution in [0.25, 0.3) is 6.08 Å². The van der Waals surface area contributed by atoms with E-state index in [0.717, 1.165) is 29.6 Å². The molecule has 7 heteroatoms. The van der Waals surface area contributed by atoms with Gasteiger partial charge in [0.15, 0.2) is 0 Å². The number of nitrogens with zero attached hydrogens (tertiary/aromatic N) is 2. The second-order valence-electron chi connectivity index (χ2n) is 9.25. The molecule has 0 aliphatic carbocycles. The van der Waals surface area contributed by atoms with Crippen LogP contribution in [-0.2, 0) is 6.54 Å². The van der Waals surface area contributed by atoms with Gasteiger partial charge in [-0.3, -0.25) is 10.1 Å². The normalized spacial score (nSPS) is 13.3. The lowest BCUT2D eigenvalue weighted by molar-refractivity contribution is -0.923. The number of methoxy groups -OCH3 is 1. The summed E-state index contributed by atoms with van der Waals surface area (Å²) in [5.74, 6) is 0.626. The third-order valence-corrected chi connectivity index (χ3v) is 6.20. The minimum Gasteiger partial charge on any atom is -1.00 e. The predicted molar refractivity (Wildman–Crippen MR) is 132 cm³/mol. The van der Waals surface area contributed by atoms with Crippen molar-refractivity contribution in [1.29, 1.82) is 0 Å². The minimum atomic E-state index is -0.386. The highest BCUT2D eigenvalue weighted by molar-refractivity contribution is 5.59. The van der Waals surface area contributed by atoms with Gasteiger partial charge >= 0.3 is 0 Å². The maximum atomic E-state index is 11.0. The number of aliphatic hydroxyl groups is 1. The van der Waals surface area contributed by atoms with Gasteiger partial charge in [-0.15, -0.1) is 0 Å². The molecule has 1 atom stereocenters. The third kappa shape index (κ3) is 13.0. The largest absolute Gasteiger partial charge is 1.00 e. The van der Waals surface area contributed by atoms with Crippen molar-refractivity contribution in [3.8, 4) is 5.75 Å². The smallest absolute Gasteiger partial charge is 0.243 e. The van der Waals surface area contributed by atoms with Gasteiger partial charge in [-0.25, -0.2) is 0 Å². The topological polar surface area (TPSA) is 72.6 Å². The fourth-order valence-corrected chi connectivity index (χ4v) is 4.21. The summed E-state index contributed by atoms with van der Waals surface area (Å²) in [4.78, 5) is 10.7. The summed E-state index contributed by atoms with van der Waals surface area (Å²) in [6, 6.07) is 5.86. The number of likely N-dealkylation sites (N-methyl/N-ethyl adjacent to an activating group) is 1. The first-order valence-corrected chi connectivity index (χ1v) is 12.3. The van der Waals surface area contributed by atoms with Crippen LogP contribution in [0.15, 0.2) is 23.9 Å². The molecule has 1 N–H and O–H groups in total. The number of unbranched alkanes of at least 4 members (excludes halogenated alkanes) is 9. The summed E-state index contributed by atoms with van der Waals surface area (Å²) in [6.45, 7) is 6.39. The monoisotopic (exact) mass is 484 g/mol. The van der Waals surface area contributed by atoms with E-state index >= 15 is 0 Å². The van der Waals surface area contributed by atoms with Crippen molar-refractivity contribution in [2.45, 2.75) is 84.6 Å². The van der Waals surface area contributed by atoms with E-state index in [9.17, 15) is 15.2 Å². The third-order valence-electron chi connectivity index (χ3n) is 6.20. The van der Waals surface area contributed by atoms with Gasteiger partial charge in [-0.05, 0) is 31.0 Å². The molecule has 0 aliphatic rings. The first-order chi connectivity index (χ1) is 15.3. The predicted octanol–water partition coefficient (Wildman–Crippen LogP) is 3.20. The van der Waals surface area contributed by atoms with E-state index in [-0.39, 0.29) is 29.6 Å². The lowest BCUT2D eigenvalue weighted by Crippen LogP contribution is -3.00. The first kappa shape index (κ1) is 31.4. The summed E-state index contributed by atoms with van der Waals surface area (Å²) < 4.78 is 6.15. The Balaban J connectivity index is 0.0000102. The fourth-order valence-electron chi connectivity index (χ4n) is 4.21. The van der Waals surface area contributed by atoms with Gasteiger partial charge in [0.2, 0.25) is 5.70 Å². The fraction of sp³-hybridized carbons (Fsp3) is 0.692. The van der Waals surface area contributed by atoms with Crippen LogP contribution in [0.1, 0.15) is 89.2 Å². The highest BCUT2D eigenvalue weighted by atomic mass is 35.5. The number of hydrogen-bond acceptors (Lipinski definition) is 4. The molecule has 0 heterocycles. The highest BCUT2D eigenvalue weighted by Gasteiger charge is 2.22. The number of ether oxygens (including phenoxy) is 1. The van der Waals surface area contributed by atoms with E-state index in [2.05, 4.69) is 14.0 Å². The standard InChI is InChI=1S/C26H45N2O4.ClH/c1-5-6-7-8-9-10-11-12-13-14-17-28(3,18-19-29)22-24-15-16-26(32-4)25(21-24)20-23(2)27(30)31;/h15-16,20-21,29H,5-14,17-19,22H2,1-4H3;1H/q+1;/p-1/b23-20+;.